The topological polar surface area (TPSA) is 52.0 Å². The van der Waals surface area contributed by atoms with Crippen LogP contribution in [0.3, 0.4) is 0 Å². The van der Waals surface area contributed by atoms with Gasteiger partial charge in [0, 0.05) is 12.2 Å². The number of nitrogens with two attached hydrogens (primary N) is 2. The molecular formula is C21H42N2. The van der Waals surface area contributed by atoms with E-state index in [0.29, 0.717) is 6.54 Å². The van der Waals surface area contributed by atoms with Crippen molar-refractivity contribution in [3.8, 4) is 0 Å². The highest BCUT2D eigenvalue weighted by molar-refractivity contribution is 4.96. The molecule has 0 aliphatic carbocycles. The second-order valence-corrected chi connectivity index (χ2v) is 6.70. The SMILES string of the molecule is CCCCCCCC/C=C\CCCCCCCCC(N)=CCN. The maximum absolute atomic E-state index is 5.82. The van der Waals surface area contributed by atoms with Gasteiger partial charge in [0.1, 0.15) is 0 Å². The van der Waals surface area contributed by atoms with Gasteiger partial charge in [-0.3, -0.25) is 0 Å². The summed E-state index contributed by atoms with van der Waals surface area (Å²) in [4.78, 5) is 0. The van der Waals surface area contributed by atoms with Crippen molar-refractivity contribution in [2.24, 2.45) is 11.5 Å². The van der Waals surface area contributed by atoms with E-state index in [1.807, 2.05) is 6.08 Å². The predicted molar refractivity (Wildman–Crippen MR) is 105 cm³/mol. The molecule has 0 aromatic carbocycles. The zero-order valence-corrected chi connectivity index (χ0v) is 15.7. The number of allylic oxidation sites excluding steroid dienone is 3. The summed E-state index contributed by atoms with van der Waals surface area (Å²) in [5, 5.41) is 0. The lowest BCUT2D eigenvalue weighted by molar-refractivity contribution is 0.594. The van der Waals surface area contributed by atoms with Crippen LogP contribution in [0.2, 0.25) is 0 Å². The fourth-order valence-electron chi connectivity index (χ4n) is 2.83. The molecule has 0 saturated heterocycles. The van der Waals surface area contributed by atoms with Gasteiger partial charge in [-0.2, -0.15) is 0 Å². The van der Waals surface area contributed by atoms with Crippen LogP contribution in [0, 0.1) is 0 Å². The predicted octanol–water partition coefficient (Wildman–Crippen LogP) is 6.22. The van der Waals surface area contributed by atoms with E-state index in [1.165, 1.54) is 89.9 Å². The zero-order chi connectivity index (χ0) is 17.0. The summed E-state index contributed by atoms with van der Waals surface area (Å²) >= 11 is 0. The maximum atomic E-state index is 5.82. The molecule has 0 fully saturated rings. The summed E-state index contributed by atoms with van der Waals surface area (Å²) in [7, 11) is 0. The zero-order valence-electron chi connectivity index (χ0n) is 15.7. The number of rotatable bonds is 17. The summed E-state index contributed by atoms with van der Waals surface area (Å²) < 4.78 is 0. The average molecular weight is 323 g/mol. The van der Waals surface area contributed by atoms with Crippen molar-refractivity contribution < 1.29 is 0 Å². The Morgan fingerprint density at radius 1 is 0.696 bits per heavy atom. The van der Waals surface area contributed by atoms with Crippen LogP contribution in [-0.4, -0.2) is 6.54 Å². The Morgan fingerprint density at radius 2 is 1.17 bits per heavy atom. The van der Waals surface area contributed by atoms with E-state index in [-0.39, 0.29) is 0 Å². The van der Waals surface area contributed by atoms with Crippen LogP contribution < -0.4 is 11.5 Å². The van der Waals surface area contributed by atoms with Gasteiger partial charge < -0.3 is 11.5 Å². The van der Waals surface area contributed by atoms with Gasteiger partial charge in [-0.15, -0.1) is 0 Å². The van der Waals surface area contributed by atoms with Crippen molar-refractivity contribution in [3.05, 3.63) is 23.9 Å². The monoisotopic (exact) mass is 322 g/mol. The van der Waals surface area contributed by atoms with Crippen molar-refractivity contribution in [3.63, 3.8) is 0 Å². The van der Waals surface area contributed by atoms with Crippen LogP contribution in [0.4, 0.5) is 0 Å². The molecule has 0 aromatic heterocycles. The highest BCUT2D eigenvalue weighted by Crippen LogP contribution is 2.11. The van der Waals surface area contributed by atoms with Gasteiger partial charge >= 0.3 is 0 Å². The van der Waals surface area contributed by atoms with Gasteiger partial charge in [-0.05, 0) is 38.5 Å². The molecule has 0 atom stereocenters. The molecule has 4 N–H and O–H groups in total. The van der Waals surface area contributed by atoms with Crippen LogP contribution in [0.15, 0.2) is 23.9 Å². The van der Waals surface area contributed by atoms with Gasteiger partial charge in [-0.25, -0.2) is 0 Å². The summed E-state index contributed by atoms with van der Waals surface area (Å²) in [5.74, 6) is 0. The van der Waals surface area contributed by atoms with Crippen LogP contribution in [0.1, 0.15) is 103 Å². The molecule has 0 aliphatic heterocycles. The minimum atomic E-state index is 0.568. The molecule has 0 saturated carbocycles. The molecule has 2 nitrogen and oxygen atoms in total. The van der Waals surface area contributed by atoms with E-state index in [1.54, 1.807) is 0 Å². The Morgan fingerprint density at radius 3 is 1.70 bits per heavy atom. The lowest BCUT2D eigenvalue weighted by Crippen LogP contribution is -2.02. The molecular weight excluding hydrogens is 280 g/mol. The third kappa shape index (κ3) is 19.2. The molecule has 2 heteroatoms. The van der Waals surface area contributed by atoms with Crippen molar-refractivity contribution in [2.45, 2.75) is 103 Å². The molecule has 23 heavy (non-hydrogen) atoms. The van der Waals surface area contributed by atoms with E-state index in [9.17, 15) is 0 Å². The number of hydrogen-bond acceptors (Lipinski definition) is 2. The standard InChI is InChI=1S/C21H42N2/c1-2-3-4-5-6-7-8-9-10-11-12-13-14-15-16-17-18-21(23)19-20-22/h9-10,19H,2-8,11-18,20,22-23H2,1H3/b10-9-,21-19?. The fourth-order valence-corrected chi connectivity index (χ4v) is 2.83. The first-order valence-corrected chi connectivity index (χ1v) is 10.1. The highest BCUT2D eigenvalue weighted by Gasteiger charge is 1.93. The second-order valence-electron chi connectivity index (χ2n) is 6.70. The van der Waals surface area contributed by atoms with Gasteiger partial charge in [0.15, 0.2) is 0 Å². The van der Waals surface area contributed by atoms with Crippen molar-refractivity contribution in [1.29, 1.82) is 0 Å². The molecule has 0 heterocycles. The Labute approximate surface area is 145 Å². The van der Waals surface area contributed by atoms with Crippen molar-refractivity contribution in [1.82, 2.24) is 0 Å². The quantitative estimate of drug-likeness (QED) is 0.247. The van der Waals surface area contributed by atoms with Crippen molar-refractivity contribution in [2.75, 3.05) is 6.54 Å². The third-order valence-electron chi connectivity index (χ3n) is 4.36. The average Bonchev–Trinajstić information content (AvgIpc) is 2.54. The van der Waals surface area contributed by atoms with E-state index >= 15 is 0 Å². The first-order valence-electron chi connectivity index (χ1n) is 10.1. The first-order chi connectivity index (χ1) is 11.3. The normalized spacial score (nSPS) is 12.3. The highest BCUT2D eigenvalue weighted by atomic mass is 14.6. The lowest BCUT2D eigenvalue weighted by atomic mass is 10.1. The summed E-state index contributed by atoms with van der Waals surface area (Å²) in [6.45, 7) is 2.84. The minimum Gasteiger partial charge on any atom is -0.402 e. The minimum absolute atomic E-state index is 0.568. The summed E-state index contributed by atoms with van der Waals surface area (Å²) in [6.07, 6.45) is 26.6. The molecule has 0 aliphatic rings. The van der Waals surface area contributed by atoms with Gasteiger partial charge in [0.05, 0.1) is 0 Å². The van der Waals surface area contributed by atoms with E-state index in [4.69, 9.17) is 11.5 Å². The molecule has 0 spiro atoms. The van der Waals surface area contributed by atoms with Crippen molar-refractivity contribution >= 4 is 0 Å². The largest absolute Gasteiger partial charge is 0.402 e. The van der Waals surface area contributed by atoms with E-state index in [0.717, 1.165) is 12.1 Å². The third-order valence-corrected chi connectivity index (χ3v) is 4.36. The summed E-state index contributed by atoms with van der Waals surface area (Å²) in [6, 6.07) is 0. The van der Waals surface area contributed by atoms with Crippen LogP contribution in [-0.2, 0) is 0 Å². The van der Waals surface area contributed by atoms with Crippen LogP contribution >= 0.6 is 0 Å². The lowest BCUT2D eigenvalue weighted by Gasteiger charge is -2.02. The van der Waals surface area contributed by atoms with Gasteiger partial charge in [0.2, 0.25) is 0 Å². The molecule has 136 valence electrons. The van der Waals surface area contributed by atoms with Gasteiger partial charge in [0.25, 0.3) is 0 Å². The second kappa shape index (κ2) is 19.3. The molecule has 0 aromatic rings. The maximum Gasteiger partial charge on any atom is 0.0126 e. The fraction of sp³-hybridized carbons (Fsp3) is 0.810. The Bertz CT molecular complexity index is 282. The first kappa shape index (κ1) is 22.2. The number of hydrogen-bond donors (Lipinski definition) is 2. The Balaban J connectivity index is 3.15. The molecule has 0 rings (SSSR count). The molecule has 0 bridgehead atoms. The Kier molecular flexibility index (Phi) is 18.6. The number of unbranched alkanes of at least 4 members (excludes halogenated alkanes) is 12. The van der Waals surface area contributed by atoms with E-state index < -0.39 is 0 Å². The molecule has 0 unspecified atom stereocenters. The molecule has 0 radical (unpaired) electrons. The van der Waals surface area contributed by atoms with Crippen LogP contribution in [0.5, 0.6) is 0 Å². The summed E-state index contributed by atoms with van der Waals surface area (Å²) in [5.41, 5.74) is 12.2. The smallest absolute Gasteiger partial charge is 0.0126 e. The van der Waals surface area contributed by atoms with E-state index in [2.05, 4.69) is 19.1 Å². The van der Waals surface area contributed by atoms with Gasteiger partial charge in [-0.1, -0.05) is 82.9 Å². The van der Waals surface area contributed by atoms with Crippen LogP contribution in [0.25, 0.3) is 0 Å². The Hall–Kier alpha value is -0.760. The molecule has 0 amide bonds.